The molecule has 2 aromatic heterocycles. The van der Waals surface area contributed by atoms with E-state index in [0.29, 0.717) is 17.8 Å². The molecule has 0 unspecified atom stereocenters. The van der Waals surface area contributed by atoms with E-state index in [-0.39, 0.29) is 30.2 Å². The van der Waals surface area contributed by atoms with Crippen LogP contribution >= 0.6 is 0 Å². The number of Topliss-reactive ketones (excluding diaryl/α,β-unsaturated/α-hetero) is 1. The topological polar surface area (TPSA) is 105 Å². The van der Waals surface area contributed by atoms with Crippen molar-refractivity contribution in [2.24, 2.45) is 0 Å². The van der Waals surface area contributed by atoms with Crippen molar-refractivity contribution in [3.8, 4) is 12.0 Å². The summed E-state index contributed by atoms with van der Waals surface area (Å²) in [6.07, 6.45) is 1.91. The van der Waals surface area contributed by atoms with Crippen molar-refractivity contribution >= 4 is 22.8 Å². The molecule has 0 spiro atoms. The van der Waals surface area contributed by atoms with Gasteiger partial charge < -0.3 is 15.2 Å². The van der Waals surface area contributed by atoms with Gasteiger partial charge in [-0.2, -0.15) is 15.0 Å². The molecule has 2 heterocycles. The van der Waals surface area contributed by atoms with Gasteiger partial charge in [0.05, 0.1) is 20.3 Å². The fourth-order valence-corrected chi connectivity index (χ4v) is 1.87. The van der Waals surface area contributed by atoms with Crippen LogP contribution in [0.15, 0.2) is 0 Å². The lowest BCUT2D eigenvalue weighted by Crippen LogP contribution is -2.10. The molecular weight excluding hydrogens is 274 g/mol. The summed E-state index contributed by atoms with van der Waals surface area (Å²) in [4.78, 5) is 24.0. The number of anilines is 1. The number of carbonyl (C=O) groups is 1. The zero-order valence-corrected chi connectivity index (χ0v) is 12.4. The highest BCUT2D eigenvalue weighted by Gasteiger charge is 2.18. The molecule has 2 N–H and O–H groups in total. The molecule has 21 heavy (non-hydrogen) atoms. The largest absolute Gasteiger partial charge is 0.468 e. The third kappa shape index (κ3) is 3.21. The fraction of sp³-hybridized carbons (Fsp3) is 0.538. The van der Waals surface area contributed by atoms with Crippen molar-refractivity contribution in [3.63, 3.8) is 0 Å². The first-order valence-electron chi connectivity index (χ1n) is 6.76. The van der Waals surface area contributed by atoms with E-state index in [4.69, 9.17) is 15.2 Å². The van der Waals surface area contributed by atoms with E-state index in [9.17, 15) is 4.79 Å². The Morgan fingerprint density at radius 3 is 2.71 bits per heavy atom. The van der Waals surface area contributed by atoms with E-state index in [1.54, 1.807) is 4.57 Å². The summed E-state index contributed by atoms with van der Waals surface area (Å²) in [5.41, 5.74) is 6.71. The number of rotatable bonds is 7. The molecule has 8 heteroatoms. The maximum Gasteiger partial charge on any atom is 0.320 e. The lowest BCUT2D eigenvalue weighted by Gasteiger charge is -2.06. The number of carbonyl (C=O) groups excluding carboxylic acids is 1. The lowest BCUT2D eigenvalue weighted by molar-refractivity contribution is -0.117. The Hall–Kier alpha value is -2.38. The van der Waals surface area contributed by atoms with Crippen LogP contribution in [-0.2, 0) is 11.3 Å². The van der Waals surface area contributed by atoms with Gasteiger partial charge in [-0.3, -0.25) is 9.36 Å². The maximum absolute atomic E-state index is 11.4. The van der Waals surface area contributed by atoms with E-state index >= 15 is 0 Å². The average molecular weight is 293 g/mol. The molecule has 0 aromatic carbocycles. The number of ether oxygens (including phenoxy) is 2. The van der Waals surface area contributed by atoms with Gasteiger partial charge in [0.1, 0.15) is 5.78 Å². The number of nitrogens with zero attached hydrogens (tertiary/aromatic N) is 4. The molecule has 0 saturated carbocycles. The zero-order chi connectivity index (χ0) is 15.4. The normalized spacial score (nSPS) is 10.8. The molecule has 0 aliphatic rings. The summed E-state index contributed by atoms with van der Waals surface area (Å²) in [6, 6.07) is 0.452. The smallest absolute Gasteiger partial charge is 0.320 e. The Balaban J connectivity index is 2.46. The second-order valence-corrected chi connectivity index (χ2v) is 4.65. The van der Waals surface area contributed by atoms with Crippen LogP contribution in [-0.4, -0.2) is 39.0 Å². The Kier molecular flexibility index (Phi) is 4.56. The molecule has 2 rings (SSSR count). The van der Waals surface area contributed by atoms with Crippen molar-refractivity contribution in [1.29, 1.82) is 0 Å². The summed E-state index contributed by atoms with van der Waals surface area (Å²) in [7, 11) is 1.47. The number of nitrogens with two attached hydrogens (primary N) is 1. The molecule has 2 aromatic rings. The molecule has 8 nitrogen and oxygen atoms in total. The van der Waals surface area contributed by atoms with Crippen LogP contribution in [0.5, 0.6) is 12.0 Å². The number of methoxy groups -OCH3 is 1. The lowest BCUT2D eigenvalue weighted by atomic mass is 10.4. The Morgan fingerprint density at radius 2 is 2.10 bits per heavy atom. The monoisotopic (exact) mass is 293 g/mol. The summed E-state index contributed by atoms with van der Waals surface area (Å²) in [5, 5.41) is 0. The van der Waals surface area contributed by atoms with Crippen molar-refractivity contribution in [2.75, 3.05) is 19.5 Å². The molecule has 0 radical (unpaired) electrons. The van der Waals surface area contributed by atoms with E-state index in [1.807, 2.05) is 0 Å². The van der Waals surface area contributed by atoms with Gasteiger partial charge in [-0.05, 0) is 13.3 Å². The number of aromatic nitrogens is 4. The van der Waals surface area contributed by atoms with Gasteiger partial charge in [0.25, 0.3) is 6.01 Å². The van der Waals surface area contributed by atoms with E-state index < -0.39 is 0 Å². The number of fused-ring (bicyclic) bond motifs is 1. The quantitative estimate of drug-likeness (QED) is 0.764. The number of nitrogen functional groups attached to an aromatic ring is 1. The highest BCUT2D eigenvalue weighted by molar-refractivity contribution is 5.85. The first-order valence-corrected chi connectivity index (χ1v) is 6.76. The number of imidazole rings is 1. The number of ketones is 1. The first-order chi connectivity index (χ1) is 10.1. The fourth-order valence-electron chi connectivity index (χ4n) is 1.87. The summed E-state index contributed by atoms with van der Waals surface area (Å²) < 4.78 is 12.2. The SMILES string of the molecule is CCCCOc1nc(N)c2nc(OC)n(CC(C)=O)c2n1. The number of hydrogen-bond donors (Lipinski definition) is 1. The maximum atomic E-state index is 11.4. The number of unbranched alkanes of at least 4 members (excludes halogenated alkanes) is 1. The first kappa shape index (κ1) is 15.0. The van der Waals surface area contributed by atoms with Gasteiger partial charge in [-0.15, -0.1) is 0 Å². The van der Waals surface area contributed by atoms with Crippen LogP contribution in [0, 0.1) is 0 Å². The molecule has 0 aliphatic carbocycles. The minimum atomic E-state index is -0.0433. The summed E-state index contributed by atoms with van der Waals surface area (Å²) >= 11 is 0. The predicted octanol–water partition coefficient (Wildman–Crippen LogP) is 1.18. The molecule has 0 saturated heterocycles. The van der Waals surface area contributed by atoms with E-state index in [2.05, 4.69) is 21.9 Å². The Bertz CT molecular complexity index is 653. The highest BCUT2D eigenvalue weighted by atomic mass is 16.5. The molecule has 0 aliphatic heterocycles. The van der Waals surface area contributed by atoms with Gasteiger partial charge >= 0.3 is 6.01 Å². The standard InChI is InChI=1S/C13H19N5O3/c1-4-5-6-21-12-16-10(14)9-11(17-12)18(7-8(2)19)13(15-9)20-3/h4-7H2,1-3H3,(H2,14,16,17). The Labute approximate surface area is 122 Å². The van der Waals surface area contributed by atoms with Crippen molar-refractivity contribution < 1.29 is 14.3 Å². The second-order valence-electron chi connectivity index (χ2n) is 4.65. The highest BCUT2D eigenvalue weighted by Crippen LogP contribution is 2.25. The van der Waals surface area contributed by atoms with Crippen LogP contribution in [0.1, 0.15) is 26.7 Å². The molecule has 114 valence electrons. The molecule has 0 fully saturated rings. The van der Waals surface area contributed by atoms with Crippen LogP contribution in [0.25, 0.3) is 11.2 Å². The minimum absolute atomic E-state index is 0.0433. The zero-order valence-electron chi connectivity index (χ0n) is 12.4. The van der Waals surface area contributed by atoms with Crippen molar-refractivity contribution in [2.45, 2.75) is 33.2 Å². The van der Waals surface area contributed by atoms with Crippen LogP contribution in [0.3, 0.4) is 0 Å². The van der Waals surface area contributed by atoms with Crippen LogP contribution < -0.4 is 15.2 Å². The van der Waals surface area contributed by atoms with Gasteiger partial charge in [0.15, 0.2) is 17.0 Å². The Morgan fingerprint density at radius 1 is 1.33 bits per heavy atom. The van der Waals surface area contributed by atoms with Crippen molar-refractivity contribution in [1.82, 2.24) is 19.5 Å². The van der Waals surface area contributed by atoms with Crippen LogP contribution in [0.4, 0.5) is 5.82 Å². The number of hydrogen-bond acceptors (Lipinski definition) is 7. The third-order valence-electron chi connectivity index (χ3n) is 2.86. The summed E-state index contributed by atoms with van der Waals surface area (Å²) in [6.45, 7) is 4.16. The second kappa shape index (κ2) is 6.38. The van der Waals surface area contributed by atoms with E-state index in [0.717, 1.165) is 12.8 Å². The molecule has 0 amide bonds. The molecule has 0 bridgehead atoms. The average Bonchev–Trinajstić information content (AvgIpc) is 2.77. The van der Waals surface area contributed by atoms with E-state index in [1.165, 1.54) is 14.0 Å². The van der Waals surface area contributed by atoms with Gasteiger partial charge in [0, 0.05) is 0 Å². The molecular formula is C13H19N5O3. The minimum Gasteiger partial charge on any atom is -0.468 e. The summed E-state index contributed by atoms with van der Waals surface area (Å²) in [5.74, 6) is 0.158. The van der Waals surface area contributed by atoms with Crippen molar-refractivity contribution in [3.05, 3.63) is 0 Å². The van der Waals surface area contributed by atoms with Gasteiger partial charge in [0.2, 0.25) is 0 Å². The van der Waals surface area contributed by atoms with Gasteiger partial charge in [-0.1, -0.05) is 13.3 Å². The molecule has 0 atom stereocenters. The van der Waals surface area contributed by atoms with Gasteiger partial charge in [-0.25, -0.2) is 0 Å². The van der Waals surface area contributed by atoms with Crippen LogP contribution in [0.2, 0.25) is 0 Å². The predicted molar refractivity (Wildman–Crippen MR) is 77.4 cm³/mol. The third-order valence-corrected chi connectivity index (χ3v) is 2.86.